The Labute approximate surface area is 84.2 Å². The molecule has 1 rings (SSSR count). The van der Waals surface area contributed by atoms with Gasteiger partial charge in [-0.3, -0.25) is 0 Å². The molecular formula is C12H14O2. The summed E-state index contributed by atoms with van der Waals surface area (Å²) in [5.41, 5.74) is 1.16. The molecule has 0 amide bonds. The van der Waals surface area contributed by atoms with Crippen LogP contribution in [0.1, 0.15) is 12.0 Å². The lowest BCUT2D eigenvalue weighted by Crippen LogP contribution is -1.91. The van der Waals surface area contributed by atoms with Gasteiger partial charge in [-0.05, 0) is 5.56 Å². The molecule has 2 heteroatoms. The molecule has 0 unspecified atom stereocenters. The third-order valence-electron chi connectivity index (χ3n) is 1.72. The molecule has 0 atom stereocenters. The van der Waals surface area contributed by atoms with Crippen molar-refractivity contribution in [2.24, 2.45) is 0 Å². The zero-order chi connectivity index (χ0) is 10.1. The third kappa shape index (κ3) is 4.58. The zero-order valence-electron chi connectivity index (χ0n) is 8.06. The number of hydrogen-bond acceptors (Lipinski definition) is 2. The summed E-state index contributed by atoms with van der Waals surface area (Å²) in [6.45, 7) is 1.18. The molecule has 0 aromatic heterocycles. The number of benzene rings is 1. The summed E-state index contributed by atoms with van der Waals surface area (Å²) in [7, 11) is 0. The maximum atomic E-state index is 9.97. The minimum atomic E-state index is 0.467. The summed E-state index contributed by atoms with van der Waals surface area (Å²) in [6, 6.07) is 10.00. The molecule has 0 saturated carbocycles. The van der Waals surface area contributed by atoms with Crippen molar-refractivity contribution in [3.05, 3.63) is 48.0 Å². The number of carbonyl (C=O) groups excluding carboxylic acids is 1. The highest BCUT2D eigenvalue weighted by atomic mass is 16.5. The molecule has 0 N–H and O–H groups in total. The number of carbonyl (C=O) groups is 1. The Morgan fingerprint density at radius 3 is 2.64 bits per heavy atom. The second kappa shape index (κ2) is 7.04. The lowest BCUT2D eigenvalue weighted by molar-refractivity contribution is -0.107. The Balaban J connectivity index is 2.13. The van der Waals surface area contributed by atoms with Crippen LogP contribution >= 0.6 is 0 Å². The van der Waals surface area contributed by atoms with Gasteiger partial charge in [0.25, 0.3) is 0 Å². The summed E-state index contributed by atoms with van der Waals surface area (Å²) in [6.07, 6.45) is 5.00. The Morgan fingerprint density at radius 1 is 1.14 bits per heavy atom. The highest BCUT2D eigenvalue weighted by Crippen LogP contribution is 1.99. The minimum absolute atomic E-state index is 0.467. The molecule has 14 heavy (non-hydrogen) atoms. The first-order valence-corrected chi connectivity index (χ1v) is 4.64. The molecule has 0 saturated heterocycles. The predicted octanol–water partition coefficient (Wildman–Crippen LogP) is 2.35. The van der Waals surface area contributed by atoms with Gasteiger partial charge in [0.1, 0.15) is 6.29 Å². The van der Waals surface area contributed by atoms with E-state index in [1.807, 2.05) is 36.4 Å². The molecule has 1 aromatic rings. The Morgan fingerprint density at radius 2 is 1.93 bits per heavy atom. The Kier molecular flexibility index (Phi) is 5.36. The summed E-state index contributed by atoms with van der Waals surface area (Å²) in [4.78, 5) is 9.97. The van der Waals surface area contributed by atoms with Gasteiger partial charge in [0.15, 0.2) is 0 Å². The van der Waals surface area contributed by atoms with E-state index in [1.54, 1.807) is 6.08 Å². The van der Waals surface area contributed by atoms with Gasteiger partial charge in [-0.25, -0.2) is 0 Å². The van der Waals surface area contributed by atoms with Crippen molar-refractivity contribution in [2.75, 3.05) is 6.61 Å². The highest BCUT2D eigenvalue weighted by Gasteiger charge is 1.88. The minimum Gasteiger partial charge on any atom is -0.373 e. The van der Waals surface area contributed by atoms with Gasteiger partial charge in [0.2, 0.25) is 0 Å². The van der Waals surface area contributed by atoms with Crippen LogP contribution in [0, 0.1) is 0 Å². The van der Waals surface area contributed by atoms with E-state index in [1.165, 1.54) is 0 Å². The van der Waals surface area contributed by atoms with E-state index in [0.717, 1.165) is 11.8 Å². The van der Waals surface area contributed by atoms with Crippen molar-refractivity contribution >= 4 is 6.29 Å². The summed E-state index contributed by atoms with van der Waals surface area (Å²) in [5.74, 6) is 0. The largest absolute Gasteiger partial charge is 0.373 e. The lowest BCUT2D eigenvalue weighted by Gasteiger charge is -2.00. The van der Waals surface area contributed by atoms with E-state index in [2.05, 4.69) is 0 Å². The third-order valence-corrected chi connectivity index (χ3v) is 1.72. The second-order valence-electron chi connectivity index (χ2n) is 2.87. The lowest BCUT2D eigenvalue weighted by atomic mass is 10.2. The van der Waals surface area contributed by atoms with E-state index in [4.69, 9.17) is 4.74 Å². The predicted molar refractivity (Wildman–Crippen MR) is 55.9 cm³/mol. The van der Waals surface area contributed by atoms with Crippen molar-refractivity contribution in [2.45, 2.75) is 13.0 Å². The Bertz CT molecular complexity index is 278. The van der Waals surface area contributed by atoms with Gasteiger partial charge < -0.3 is 9.53 Å². The van der Waals surface area contributed by atoms with Crippen molar-refractivity contribution in [1.82, 2.24) is 0 Å². The SMILES string of the molecule is O=CCC=CCOCc1ccccc1. The molecule has 0 heterocycles. The van der Waals surface area contributed by atoms with E-state index in [-0.39, 0.29) is 0 Å². The molecule has 0 aliphatic carbocycles. The quantitative estimate of drug-likeness (QED) is 0.391. The molecule has 74 valence electrons. The van der Waals surface area contributed by atoms with Crippen LogP contribution in [0.15, 0.2) is 42.5 Å². The first kappa shape index (κ1) is 10.7. The van der Waals surface area contributed by atoms with Crippen LogP contribution in [0.25, 0.3) is 0 Å². The number of allylic oxidation sites excluding steroid dienone is 1. The number of rotatable bonds is 6. The average molecular weight is 190 g/mol. The monoisotopic (exact) mass is 190 g/mol. The van der Waals surface area contributed by atoms with Crippen molar-refractivity contribution in [1.29, 1.82) is 0 Å². The van der Waals surface area contributed by atoms with Crippen molar-refractivity contribution in [3.8, 4) is 0 Å². The molecule has 0 aliphatic rings. The van der Waals surface area contributed by atoms with Gasteiger partial charge in [0, 0.05) is 6.42 Å². The second-order valence-corrected chi connectivity index (χ2v) is 2.87. The molecule has 0 radical (unpaired) electrons. The van der Waals surface area contributed by atoms with Gasteiger partial charge in [-0.2, -0.15) is 0 Å². The van der Waals surface area contributed by atoms with Crippen LogP contribution in [0.4, 0.5) is 0 Å². The molecule has 0 fully saturated rings. The van der Waals surface area contributed by atoms with E-state index in [0.29, 0.717) is 19.6 Å². The molecular weight excluding hydrogens is 176 g/mol. The molecule has 0 spiro atoms. The van der Waals surface area contributed by atoms with E-state index >= 15 is 0 Å². The Hall–Kier alpha value is -1.41. The zero-order valence-corrected chi connectivity index (χ0v) is 8.06. The van der Waals surface area contributed by atoms with Crippen LogP contribution in [0.2, 0.25) is 0 Å². The van der Waals surface area contributed by atoms with Crippen molar-refractivity contribution in [3.63, 3.8) is 0 Å². The van der Waals surface area contributed by atoms with Crippen LogP contribution in [-0.4, -0.2) is 12.9 Å². The first-order chi connectivity index (χ1) is 6.93. The fourth-order valence-corrected chi connectivity index (χ4v) is 1.04. The fourth-order valence-electron chi connectivity index (χ4n) is 1.04. The standard InChI is InChI=1S/C12H14O2/c13-9-5-2-6-10-14-11-12-7-3-1-4-8-12/h1-4,6-9H,5,10-11H2. The number of ether oxygens (including phenoxy) is 1. The van der Waals surface area contributed by atoms with Crippen LogP contribution in [-0.2, 0) is 16.1 Å². The smallest absolute Gasteiger partial charge is 0.123 e. The normalized spacial score (nSPS) is 10.6. The fraction of sp³-hybridized carbons (Fsp3) is 0.250. The molecule has 1 aromatic carbocycles. The van der Waals surface area contributed by atoms with E-state index < -0.39 is 0 Å². The van der Waals surface area contributed by atoms with E-state index in [9.17, 15) is 4.79 Å². The topological polar surface area (TPSA) is 26.3 Å². The van der Waals surface area contributed by atoms with Crippen molar-refractivity contribution < 1.29 is 9.53 Å². The van der Waals surface area contributed by atoms with Gasteiger partial charge >= 0.3 is 0 Å². The van der Waals surface area contributed by atoms with Gasteiger partial charge in [0.05, 0.1) is 13.2 Å². The molecule has 0 aliphatic heterocycles. The average Bonchev–Trinajstić information content (AvgIpc) is 2.25. The maximum absolute atomic E-state index is 9.97. The number of aldehydes is 1. The van der Waals surface area contributed by atoms with Crippen LogP contribution in [0.3, 0.4) is 0 Å². The summed E-state index contributed by atoms with van der Waals surface area (Å²) < 4.78 is 5.36. The van der Waals surface area contributed by atoms with Gasteiger partial charge in [-0.1, -0.05) is 42.5 Å². The van der Waals surface area contributed by atoms with Gasteiger partial charge in [-0.15, -0.1) is 0 Å². The summed E-state index contributed by atoms with van der Waals surface area (Å²) >= 11 is 0. The highest BCUT2D eigenvalue weighted by molar-refractivity contribution is 5.51. The molecule has 2 nitrogen and oxygen atoms in total. The van der Waals surface area contributed by atoms with Crippen LogP contribution < -0.4 is 0 Å². The molecule has 0 bridgehead atoms. The summed E-state index contributed by atoms with van der Waals surface area (Å²) in [5, 5.41) is 0. The maximum Gasteiger partial charge on any atom is 0.123 e. The van der Waals surface area contributed by atoms with Crippen LogP contribution in [0.5, 0.6) is 0 Å². The number of hydrogen-bond donors (Lipinski definition) is 0. The first-order valence-electron chi connectivity index (χ1n) is 4.64.